The standard InChI is InChI=1S/C22H20BrO2P/c1-18(22(24)25)17-26(23,19-11-5-2-6-12-19,20-13-7-3-8-14-20)21-15-9-4-10-16-21/h2-17H,1H3,(H,24,25). The fourth-order valence-corrected chi connectivity index (χ4v) is 10.7. The second-order valence-corrected chi connectivity index (χ2v) is 14.6. The number of benzene rings is 3. The summed E-state index contributed by atoms with van der Waals surface area (Å²) in [5.41, 5.74) is 0.316. The average molecular weight is 427 g/mol. The van der Waals surface area contributed by atoms with Gasteiger partial charge in [-0.3, -0.25) is 0 Å². The monoisotopic (exact) mass is 426 g/mol. The quantitative estimate of drug-likeness (QED) is 0.469. The van der Waals surface area contributed by atoms with Gasteiger partial charge in [0.1, 0.15) is 0 Å². The van der Waals surface area contributed by atoms with Crippen molar-refractivity contribution in [1.82, 2.24) is 0 Å². The van der Waals surface area contributed by atoms with Crippen LogP contribution in [0.1, 0.15) is 6.92 Å². The second kappa shape index (κ2) is 7.19. The summed E-state index contributed by atoms with van der Waals surface area (Å²) in [6.45, 7) is 1.65. The van der Waals surface area contributed by atoms with Crippen molar-refractivity contribution in [2.75, 3.05) is 0 Å². The van der Waals surface area contributed by atoms with E-state index in [1.54, 1.807) is 6.92 Å². The van der Waals surface area contributed by atoms with E-state index >= 15 is 0 Å². The van der Waals surface area contributed by atoms with Gasteiger partial charge in [-0.05, 0) is 0 Å². The predicted molar refractivity (Wildman–Crippen MR) is 115 cm³/mol. The third-order valence-electron chi connectivity index (χ3n) is 4.56. The molecule has 0 aliphatic heterocycles. The Morgan fingerprint density at radius 2 is 1.08 bits per heavy atom. The van der Waals surface area contributed by atoms with Crippen LogP contribution in [0, 0.1) is 0 Å². The molecule has 0 saturated carbocycles. The van der Waals surface area contributed by atoms with Crippen LogP contribution in [0.5, 0.6) is 0 Å². The normalized spacial score (nSPS) is 13.6. The molecule has 0 aliphatic rings. The number of hydrogen-bond donors (Lipinski definition) is 1. The fourth-order valence-electron chi connectivity index (χ4n) is 3.25. The number of carbonyl (C=O) groups is 1. The molecule has 0 amide bonds. The molecule has 0 radical (unpaired) electrons. The van der Waals surface area contributed by atoms with E-state index in [0.29, 0.717) is 5.57 Å². The first-order valence-electron chi connectivity index (χ1n) is 8.30. The predicted octanol–water partition coefficient (Wildman–Crippen LogP) is 4.81. The zero-order chi connectivity index (χ0) is 18.6. The van der Waals surface area contributed by atoms with Gasteiger partial charge in [-0.25, -0.2) is 0 Å². The number of carboxylic acid groups (broad SMARTS) is 1. The van der Waals surface area contributed by atoms with Crippen molar-refractivity contribution in [3.63, 3.8) is 0 Å². The molecule has 0 atom stereocenters. The number of aliphatic carboxylic acids is 1. The third-order valence-corrected chi connectivity index (χ3v) is 13.7. The molecule has 3 aromatic rings. The molecule has 2 nitrogen and oxygen atoms in total. The van der Waals surface area contributed by atoms with Crippen LogP contribution in [0.4, 0.5) is 0 Å². The Hall–Kier alpha value is -2.22. The maximum absolute atomic E-state index is 11.7. The van der Waals surface area contributed by atoms with Crippen molar-refractivity contribution >= 4 is 42.7 Å². The molecular formula is C22H20BrO2P. The molecule has 0 unspecified atom stereocenters. The van der Waals surface area contributed by atoms with E-state index in [1.165, 1.54) is 0 Å². The molecule has 0 spiro atoms. The minimum absolute atomic E-state index is 0.316. The molecule has 0 heterocycles. The summed E-state index contributed by atoms with van der Waals surface area (Å²) in [5.74, 6) is 1.01. The average Bonchev–Trinajstić information content (AvgIpc) is 2.70. The molecule has 0 bridgehead atoms. The van der Waals surface area contributed by atoms with Crippen molar-refractivity contribution in [1.29, 1.82) is 0 Å². The van der Waals surface area contributed by atoms with Crippen LogP contribution in [0.2, 0.25) is 0 Å². The third kappa shape index (κ3) is 3.02. The summed E-state index contributed by atoms with van der Waals surface area (Å²) in [7, 11) is 0. The van der Waals surface area contributed by atoms with Gasteiger partial charge in [0, 0.05) is 0 Å². The van der Waals surface area contributed by atoms with Crippen LogP contribution in [-0.4, -0.2) is 11.1 Å². The molecule has 26 heavy (non-hydrogen) atoms. The first-order valence-corrected chi connectivity index (χ1v) is 12.6. The minimum atomic E-state index is -3.29. The van der Waals surface area contributed by atoms with E-state index < -0.39 is 11.3 Å². The Morgan fingerprint density at radius 1 is 0.769 bits per heavy atom. The molecule has 0 fully saturated rings. The molecule has 3 rings (SSSR count). The number of halogens is 1. The molecule has 4 heteroatoms. The van der Waals surface area contributed by atoms with Gasteiger partial charge in [0.15, 0.2) is 0 Å². The first kappa shape index (κ1) is 18.6. The summed E-state index contributed by atoms with van der Waals surface area (Å²) < 4.78 is 0. The summed E-state index contributed by atoms with van der Waals surface area (Å²) in [4.78, 5) is 11.7. The molecular weight excluding hydrogens is 407 g/mol. The molecule has 3 aromatic carbocycles. The zero-order valence-electron chi connectivity index (χ0n) is 14.4. The van der Waals surface area contributed by atoms with E-state index in [4.69, 9.17) is 0 Å². The van der Waals surface area contributed by atoms with Gasteiger partial charge in [0.25, 0.3) is 0 Å². The van der Waals surface area contributed by atoms with Crippen LogP contribution in [-0.2, 0) is 4.79 Å². The Labute approximate surface area is 161 Å². The van der Waals surface area contributed by atoms with Gasteiger partial charge in [0.2, 0.25) is 0 Å². The van der Waals surface area contributed by atoms with Gasteiger partial charge < -0.3 is 0 Å². The van der Waals surface area contributed by atoms with Gasteiger partial charge in [-0.2, -0.15) is 0 Å². The number of hydrogen-bond acceptors (Lipinski definition) is 1. The van der Waals surface area contributed by atoms with Gasteiger partial charge >= 0.3 is 162 Å². The summed E-state index contributed by atoms with van der Waals surface area (Å²) in [5, 5.41) is 9.54. The van der Waals surface area contributed by atoms with Crippen LogP contribution in [0.3, 0.4) is 0 Å². The van der Waals surface area contributed by atoms with Crippen LogP contribution >= 0.6 is 20.8 Å². The number of carboxylic acids is 1. The van der Waals surface area contributed by atoms with Crippen LogP contribution in [0.25, 0.3) is 0 Å². The van der Waals surface area contributed by atoms with Crippen LogP contribution < -0.4 is 15.9 Å². The SMILES string of the molecule is CC(=CP(Br)(c1ccccc1)(c1ccccc1)c1ccccc1)C(=O)O. The number of rotatable bonds is 5. The van der Waals surface area contributed by atoms with Crippen molar-refractivity contribution < 1.29 is 9.90 Å². The summed E-state index contributed by atoms with van der Waals surface area (Å²) in [6, 6.07) is 30.3. The fraction of sp³-hybridized carbons (Fsp3) is 0.0455. The Balaban J connectivity index is 2.52. The molecule has 0 aliphatic carbocycles. The van der Waals surface area contributed by atoms with Gasteiger partial charge in [-0.1, -0.05) is 0 Å². The van der Waals surface area contributed by atoms with E-state index in [9.17, 15) is 9.90 Å². The summed E-state index contributed by atoms with van der Waals surface area (Å²) in [6.07, 6.45) is 0. The Bertz CT molecular complexity index is 838. The second-order valence-electron chi connectivity index (χ2n) is 6.20. The molecule has 132 valence electrons. The Kier molecular flexibility index (Phi) is 5.13. The van der Waals surface area contributed by atoms with Crippen molar-refractivity contribution in [3.05, 3.63) is 102 Å². The Morgan fingerprint density at radius 3 is 1.35 bits per heavy atom. The topological polar surface area (TPSA) is 37.3 Å². The van der Waals surface area contributed by atoms with Crippen molar-refractivity contribution in [2.45, 2.75) is 6.92 Å². The van der Waals surface area contributed by atoms with E-state index in [2.05, 4.69) is 51.9 Å². The van der Waals surface area contributed by atoms with E-state index in [-0.39, 0.29) is 0 Å². The molecule has 0 saturated heterocycles. The van der Waals surface area contributed by atoms with E-state index in [1.807, 2.05) is 60.4 Å². The van der Waals surface area contributed by atoms with Crippen LogP contribution in [0.15, 0.2) is 102 Å². The van der Waals surface area contributed by atoms with Gasteiger partial charge in [0.05, 0.1) is 0 Å². The van der Waals surface area contributed by atoms with Gasteiger partial charge in [-0.15, -0.1) is 0 Å². The van der Waals surface area contributed by atoms with Crippen molar-refractivity contribution in [3.8, 4) is 0 Å². The van der Waals surface area contributed by atoms with E-state index in [0.717, 1.165) is 15.9 Å². The van der Waals surface area contributed by atoms with Crippen molar-refractivity contribution in [2.24, 2.45) is 0 Å². The first-order chi connectivity index (χ1) is 12.5. The zero-order valence-corrected chi connectivity index (χ0v) is 16.9. The summed E-state index contributed by atoms with van der Waals surface area (Å²) >= 11 is 4.18. The maximum atomic E-state index is 11.7. The molecule has 0 aromatic heterocycles. The molecule has 1 N–H and O–H groups in total.